The summed E-state index contributed by atoms with van der Waals surface area (Å²) >= 11 is 0. The highest BCUT2D eigenvalue weighted by Gasteiger charge is 2.15. The fraction of sp³-hybridized carbons (Fsp3) is 0.561. The summed E-state index contributed by atoms with van der Waals surface area (Å²) in [6, 6.07) is 0. The van der Waals surface area contributed by atoms with E-state index >= 15 is 0 Å². The molecule has 0 aliphatic rings. The number of esters is 2. The predicted molar refractivity (Wildman–Crippen MR) is 195 cm³/mol. The van der Waals surface area contributed by atoms with Crippen molar-refractivity contribution in [1.82, 2.24) is 0 Å². The quantitative estimate of drug-likeness (QED) is 0.0482. The zero-order chi connectivity index (χ0) is 33.6. The lowest BCUT2D eigenvalue weighted by Gasteiger charge is -2.15. The molecule has 1 N–H and O–H groups in total. The molecule has 1 unspecified atom stereocenters. The van der Waals surface area contributed by atoms with Gasteiger partial charge in [-0.3, -0.25) is 9.59 Å². The zero-order valence-electron chi connectivity index (χ0n) is 29.0. The maximum Gasteiger partial charge on any atom is 0.306 e. The standard InChI is InChI=1S/C41H64O5/c1-3-5-7-9-11-13-15-17-19-20-22-23-25-27-29-31-33-35-40(43)45-38-39(37-42)46-41(44)36-34-32-30-28-26-24-21-18-16-14-12-10-8-6-4-2/h6,8,11-14,17-19,21-23,26-29,39,42H,3-5,7,9-10,15-16,20,24-25,30-38H2,1-2H3. The van der Waals surface area contributed by atoms with Crippen LogP contribution in [0.3, 0.4) is 0 Å². The molecule has 0 spiro atoms. The van der Waals surface area contributed by atoms with Gasteiger partial charge in [-0.05, 0) is 89.9 Å². The Bertz CT molecular complexity index is 948. The van der Waals surface area contributed by atoms with Gasteiger partial charge >= 0.3 is 11.9 Å². The van der Waals surface area contributed by atoms with Crippen molar-refractivity contribution in [3.63, 3.8) is 0 Å². The van der Waals surface area contributed by atoms with Crippen molar-refractivity contribution in [2.75, 3.05) is 13.2 Å². The largest absolute Gasteiger partial charge is 0.462 e. The highest BCUT2D eigenvalue weighted by molar-refractivity contribution is 5.70. The van der Waals surface area contributed by atoms with Crippen LogP contribution in [0.25, 0.3) is 0 Å². The molecule has 0 aliphatic carbocycles. The van der Waals surface area contributed by atoms with Crippen molar-refractivity contribution in [3.05, 3.63) is 97.2 Å². The fourth-order valence-electron chi connectivity index (χ4n) is 4.18. The summed E-state index contributed by atoms with van der Waals surface area (Å²) in [7, 11) is 0. The molecule has 0 aromatic heterocycles. The summed E-state index contributed by atoms with van der Waals surface area (Å²) in [5, 5.41) is 9.51. The number of aliphatic hydroxyl groups excluding tert-OH is 1. The first-order chi connectivity index (χ1) is 22.6. The molecular formula is C41H64O5. The third-order valence-corrected chi connectivity index (χ3v) is 6.86. The van der Waals surface area contributed by atoms with Crippen molar-refractivity contribution < 1.29 is 24.2 Å². The summed E-state index contributed by atoms with van der Waals surface area (Å²) in [6.07, 6.45) is 50.4. The van der Waals surface area contributed by atoms with E-state index in [1.165, 1.54) is 25.7 Å². The third-order valence-electron chi connectivity index (χ3n) is 6.86. The lowest BCUT2D eigenvalue weighted by atomic mass is 10.2. The maximum absolute atomic E-state index is 12.1. The van der Waals surface area contributed by atoms with Crippen LogP contribution >= 0.6 is 0 Å². The monoisotopic (exact) mass is 636 g/mol. The van der Waals surface area contributed by atoms with Crippen LogP contribution in [0.5, 0.6) is 0 Å². The molecule has 0 saturated heterocycles. The van der Waals surface area contributed by atoms with Gasteiger partial charge in [-0.15, -0.1) is 0 Å². The normalized spacial score (nSPS) is 13.4. The van der Waals surface area contributed by atoms with E-state index in [0.29, 0.717) is 19.3 Å². The summed E-state index contributed by atoms with van der Waals surface area (Å²) < 4.78 is 10.5. The SMILES string of the molecule is CCC=CCC=CCC=CCC=CCCCCC(=O)OC(CO)COC(=O)CCCC=CCC=CCC=CCC=CCCCCC. The zero-order valence-corrected chi connectivity index (χ0v) is 29.0. The average molecular weight is 637 g/mol. The van der Waals surface area contributed by atoms with Crippen LogP contribution in [0, 0.1) is 0 Å². The number of aliphatic hydroxyl groups is 1. The fourth-order valence-corrected chi connectivity index (χ4v) is 4.18. The van der Waals surface area contributed by atoms with Gasteiger partial charge in [0.25, 0.3) is 0 Å². The molecule has 5 heteroatoms. The van der Waals surface area contributed by atoms with E-state index in [1.807, 2.05) is 0 Å². The minimum Gasteiger partial charge on any atom is -0.462 e. The van der Waals surface area contributed by atoms with E-state index in [2.05, 4.69) is 111 Å². The minimum atomic E-state index is -0.820. The van der Waals surface area contributed by atoms with Gasteiger partial charge in [0.05, 0.1) is 6.61 Å². The molecule has 1 atom stereocenters. The Balaban J connectivity index is 3.80. The Morgan fingerprint density at radius 1 is 0.522 bits per heavy atom. The first kappa shape index (κ1) is 42.8. The topological polar surface area (TPSA) is 72.8 Å². The van der Waals surface area contributed by atoms with Gasteiger partial charge in [-0.2, -0.15) is 0 Å². The van der Waals surface area contributed by atoms with E-state index in [1.54, 1.807) is 0 Å². The molecule has 0 aromatic carbocycles. The maximum atomic E-state index is 12.1. The van der Waals surface area contributed by atoms with Crippen molar-refractivity contribution >= 4 is 11.9 Å². The first-order valence-corrected chi connectivity index (χ1v) is 17.8. The van der Waals surface area contributed by atoms with Crippen molar-refractivity contribution in [3.8, 4) is 0 Å². The third kappa shape index (κ3) is 33.7. The molecule has 0 aromatic rings. The molecule has 0 saturated carbocycles. The highest BCUT2D eigenvalue weighted by Crippen LogP contribution is 2.07. The molecule has 0 heterocycles. The Morgan fingerprint density at radius 3 is 1.39 bits per heavy atom. The van der Waals surface area contributed by atoms with E-state index in [0.717, 1.165) is 64.2 Å². The van der Waals surface area contributed by atoms with Gasteiger partial charge in [0, 0.05) is 12.8 Å². The van der Waals surface area contributed by atoms with Crippen LogP contribution in [-0.4, -0.2) is 36.4 Å². The molecule has 46 heavy (non-hydrogen) atoms. The van der Waals surface area contributed by atoms with Crippen LogP contribution < -0.4 is 0 Å². The second kappa shape index (κ2) is 36.3. The lowest BCUT2D eigenvalue weighted by molar-refractivity contribution is -0.161. The molecule has 0 amide bonds. The molecule has 0 bridgehead atoms. The van der Waals surface area contributed by atoms with Crippen LogP contribution in [0.15, 0.2) is 97.2 Å². The van der Waals surface area contributed by atoms with Gasteiger partial charge < -0.3 is 14.6 Å². The number of rotatable bonds is 30. The van der Waals surface area contributed by atoms with Crippen molar-refractivity contribution in [2.45, 2.75) is 136 Å². The second-order valence-corrected chi connectivity index (χ2v) is 11.2. The van der Waals surface area contributed by atoms with Gasteiger partial charge in [-0.25, -0.2) is 0 Å². The van der Waals surface area contributed by atoms with E-state index < -0.39 is 6.10 Å². The summed E-state index contributed by atoms with van der Waals surface area (Å²) in [5.41, 5.74) is 0. The molecule has 0 fully saturated rings. The summed E-state index contributed by atoms with van der Waals surface area (Å²) in [4.78, 5) is 24.1. The number of hydrogen-bond acceptors (Lipinski definition) is 5. The Morgan fingerprint density at radius 2 is 0.935 bits per heavy atom. The number of ether oxygens (including phenoxy) is 2. The number of hydrogen-bond donors (Lipinski definition) is 1. The summed E-state index contributed by atoms with van der Waals surface area (Å²) in [6.45, 7) is 3.88. The number of allylic oxidation sites excluding steroid dienone is 16. The molecule has 0 radical (unpaired) electrons. The van der Waals surface area contributed by atoms with Gasteiger partial charge in [-0.1, -0.05) is 124 Å². The van der Waals surface area contributed by atoms with E-state index in [9.17, 15) is 14.7 Å². The van der Waals surface area contributed by atoms with Gasteiger partial charge in [0.15, 0.2) is 6.10 Å². The van der Waals surface area contributed by atoms with Gasteiger partial charge in [0.2, 0.25) is 0 Å². The van der Waals surface area contributed by atoms with E-state index in [4.69, 9.17) is 9.47 Å². The van der Waals surface area contributed by atoms with E-state index in [-0.39, 0.29) is 31.6 Å². The van der Waals surface area contributed by atoms with Crippen LogP contribution in [-0.2, 0) is 19.1 Å². The van der Waals surface area contributed by atoms with Gasteiger partial charge in [0.1, 0.15) is 6.61 Å². The highest BCUT2D eigenvalue weighted by atomic mass is 16.6. The van der Waals surface area contributed by atoms with Crippen LogP contribution in [0.1, 0.15) is 129 Å². The molecule has 258 valence electrons. The Hall–Kier alpha value is -3.18. The average Bonchev–Trinajstić information content (AvgIpc) is 3.06. The van der Waals surface area contributed by atoms with Crippen molar-refractivity contribution in [2.24, 2.45) is 0 Å². The number of carbonyl (C=O) groups excluding carboxylic acids is 2. The number of carbonyl (C=O) groups is 2. The minimum absolute atomic E-state index is 0.118. The molecule has 0 aliphatic heterocycles. The second-order valence-electron chi connectivity index (χ2n) is 11.2. The summed E-state index contributed by atoms with van der Waals surface area (Å²) in [5.74, 6) is -0.718. The Kier molecular flexibility index (Phi) is 33.8. The smallest absolute Gasteiger partial charge is 0.306 e. The van der Waals surface area contributed by atoms with Crippen LogP contribution in [0.2, 0.25) is 0 Å². The molecular weight excluding hydrogens is 572 g/mol. The lowest BCUT2D eigenvalue weighted by Crippen LogP contribution is -2.28. The first-order valence-electron chi connectivity index (χ1n) is 17.8. The number of unbranched alkanes of at least 4 members (excludes halogenated alkanes) is 6. The Labute approximate surface area is 281 Å². The van der Waals surface area contributed by atoms with Crippen molar-refractivity contribution in [1.29, 1.82) is 0 Å². The molecule has 0 rings (SSSR count). The predicted octanol–water partition coefficient (Wildman–Crippen LogP) is 10.9. The molecule has 5 nitrogen and oxygen atoms in total. The van der Waals surface area contributed by atoms with Crippen LogP contribution in [0.4, 0.5) is 0 Å².